The van der Waals surface area contributed by atoms with Gasteiger partial charge in [0.25, 0.3) is 0 Å². The summed E-state index contributed by atoms with van der Waals surface area (Å²) in [4.78, 5) is 15.7. The molecule has 0 atom stereocenters. The number of hydrogen-bond donors (Lipinski definition) is 1. The number of Topliss-reactive ketones (excluding diaryl/α,β-unsaturated/α-hetero) is 1. The van der Waals surface area contributed by atoms with Crippen molar-refractivity contribution >= 4 is 32.9 Å². The van der Waals surface area contributed by atoms with Gasteiger partial charge in [-0.1, -0.05) is 18.2 Å². The zero-order valence-corrected chi connectivity index (χ0v) is 16.6. The van der Waals surface area contributed by atoms with Crippen LogP contribution < -0.4 is 8.92 Å². The average Bonchev–Trinajstić information content (AvgIpc) is 3.29. The normalized spacial score (nSPS) is 14.6. The van der Waals surface area contributed by atoms with Crippen molar-refractivity contribution in [3.05, 3.63) is 95.6 Å². The first kappa shape index (κ1) is 19.1. The Morgan fingerprint density at radius 3 is 2.58 bits per heavy atom. The summed E-state index contributed by atoms with van der Waals surface area (Å²) >= 11 is 0. The van der Waals surface area contributed by atoms with Crippen molar-refractivity contribution in [2.24, 2.45) is 0 Å². The summed E-state index contributed by atoms with van der Waals surface area (Å²) < 4.78 is 48.7. The zero-order chi connectivity index (χ0) is 21.6. The van der Waals surface area contributed by atoms with Gasteiger partial charge in [0, 0.05) is 28.7 Å². The minimum atomic E-state index is -4.17. The number of nitrogens with one attached hydrogen (secondary N) is 1. The number of fused-ring (bicyclic) bond motifs is 2. The zero-order valence-electron chi connectivity index (χ0n) is 15.8. The van der Waals surface area contributed by atoms with Crippen molar-refractivity contribution in [2.45, 2.75) is 4.90 Å². The molecule has 0 fully saturated rings. The van der Waals surface area contributed by atoms with Crippen LogP contribution in [-0.2, 0) is 10.1 Å². The molecule has 1 aliphatic heterocycles. The molecule has 6 nitrogen and oxygen atoms in total. The molecule has 0 unspecified atom stereocenters. The molecule has 1 aromatic heterocycles. The van der Waals surface area contributed by atoms with Gasteiger partial charge in [0.1, 0.15) is 22.2 Å². The number of aromatic nitrogens is 1. The first-order valence-electron chi connectivity index (χ1n) is 9.25. The van der Waals surface area contributed by atoms with Crippen LogP contribution in [0.2, 0.25) is 0 Å². The second-order valence-corrected chi connectivity index (χ2v) is 8.43. The number of carbonyl (C=O) groups excluding carboxylic acids is 1. The average molecular weight is 435 g/mol. The standard InChI is InChI=1S/C23H14FNO5S/c24-15-5-8-17(9-6-15)31(27,28)30-16-7-10-19-21(12-16)29-22(23(19)26)11-14-13-25-20-4-2-1-3-18(14)20/h1-13,25H/b22-11+. The molecule has 31 heavy (non-hydrogen) atoms. The Hall–Kier alpha value is -3.91. The van der Waals surface area contributed by atoms with Crippen LogP contribution in [0.4, 0.5) is 4.39 Å². The summed E-state index contributed by atoms with van der Waals surface area (Å²) in [5, 5.41) is 0.941. The Balaban J connectivity index is 1.43. The Morgan fingerprint density at radius 2 is 1.77 bits per heavy atom. The van der Waals surface area contributed by atoms with E-state index in [0.717, 1.165) is 40.7 Å². The molecule has 0 aliphatic carbocycles. The fourth-order valence-electron chi connectivity index (χ4n) is 3.35. The maximum Gasteiger partial charge on any atom is 0.339 e. The fourth-order valence-corrected chi connectivity index (χ4v) is 4.27. The summed E-state index contributed by atoms with van der Waals surface area (Å²) in [6.07, 6.45) is 3.41. The van der Waals surface area contributed by atoms with E-state index in [1.165, 1.54) is 18.2 Å². The van der Waals surface area contributed by atoms with Crippen molar-refractivity contribution in [2.75, 3.05) is 0 Å². The monoisotopic (exact) mass is 435 g/mol. The topological polar surface area (TPSA) is 85.5 Å². The number of H-pyrrole nitrogens is 1. The number of hydrogen-bond acceptors (Lipinski definition) is 5. The molecule has 1 N–H and O–H groups in total. The Labute approximate surface area is 176 Å². The van der Waals surface area contributed by atoms with Crippen molar-refractivity contribution in [3.63, 3.8) is 0 Å². The highest BCUT2D eigenvalue weighted by Crippen LogP contribution is 2.36. The van der Waals surface area contributed by atoms with Crippen LogP contribution in [0.5, 0.6) is 11.5 Å². The van der Waals surface area contributed by atoms with E-state index in [1.54, 1.807) is 12.3 Å². The van der Waals surface area contributed by atoms with Gasteiger partial charge in [-0.2, -0.15) is 8.42 Å². The molecule has 4 aromatic rings. The third kappa shape index (κ3) is 3.47. The summed E-state index contributed by atoms with van der Waals surface area (Å²) in [7, 11) is -4.17. The van der Waals surface area contributed by atoms with Gasteiger partial charge in [-0.3, -0.25) is 4.79 Å². The molecule has 5 rings (SSSR count). The summed E-state index contributed by atoms with van der Waals surface area (Å²) in [5.74, 6) is -0.573. The highest BCUT2D eigenvalue weighted by atomic mass is 32.2. The van der Waals surface area contributed by atoms with Crippen molar-refractivity contribution in [1.29, 1.82) is 0 Å². The van der Waals surface area contributed by atoms with Crippen molar-refractivity contribution in [1.82, 2.24) is 4.98 Å². The van der Waals surface area contributed by atoms with Gasteiger partial charge >= 0.3 is 10.1 Å². The molecule has 8 heteroatoms. The van der Waals surface area contributed by atoms with Gasteiger partial charge in [-0.05, 0) is 48.5 Å². The molecule has 0 bridgehead atoms. The highest BCUT2D eigenvalue weighted by molar-refractivity contribution is 7.87. The SMILES string of the molecule is O=C1/C(=C\c2c[nH]c3ccccc23)Oc2cc(OS(=O)(=O)c3ccc(F)cc3)ccc21. The second-order valence-electron chi connectivity index (χ2n) is 6.88. The van der Waals surface area contributed by atoms with E-state index in [2.05, 4.69) is 4.98 Å². The van der Waals surface area contributed by atoms with E-state index >= 15 is 0 Å². The molecule has 0 saturated carbocycles. The number of aromatic amines is 1. The molecule has 1 aliphatic rings. The number of benzene rings is 3. The van der Waals surface area contributed by atoms with Gasteiger partial charge in [0.05, 0.1) is 5.56 Å². The largest absolute Gasteiger partial charge is 0.452 e. The van der Waals surface area contributed by atoms with Gasteiger partial charge in [-0.25, -0.2) is 4.39 Å². The van der Waals surface area contributed by atoms with Crippen LogP contribution in [0.15, 0.2) is 83.6 Å². The molecule has 2 heterocycles. The van der Waals surface area contributed by atoms with Gasteiger partial charge in [0.15, 0.2) is 5.76 Å². The molecular formula is C23H14FNO5S. The minimum Gasteiger partial charge on any atom is -0.452 e. The first-order chi connectivity index (χ1) is 14.9. The van der Waals surface area contributed by atoms with E-state index in [9.17, 15) is 17.6 Å². The Kier molecular flexibility index (Phi) is 4.37. The van der Waals surface area contributed by atoms with Crippen LogP contribution in [0, 0.1) is 5.82 Å². The number of para-hydroxylation sites is 1. The summed E-state index contributed by atoms with van der Waals surface area (Å²) in [6, 6.07) is 16.1. The molecule has 3 aromatic carbocycles. The second kappa shape index (κ2) is 7.10. The number of rotatable bonds is 4. The number of ketones is 1. The van der Waals surface area contributed by atoms with Crippen LogP contribution >= 0.6 is 0 Å². The van der Waals surface area contributed by atoms with E-state index in [0.29, 0.717) is 5.56 Å². The quantitative estimate of drug-likeness (QED) is 0.371. The van der Waals surface area contributed by atoms with E-state index < -0.39 is 15.9 Å². The number of allylic oxidation sites excluding steroid dienone is 1. The molecule has 0 amide bonds. The Morgan fingerprint density at radius 1 is 1.00 bits per heavy atom. The maximum atomic E-state index is 13.1. The predicted molar refractivity (Wildman–Crippen MR) is 112 cm³/mol. The molecule has 0 saturated heterocycles. The highest BCUT2D eigenvalue weighted by Gasteiger charge is 2.29. The lowest BCUT2D eigenvalue weighted by Gasteiger charge is -2.07. The Bertz CT molecular complexity index is 1470. The lowest BCUT2D eigenvalue weighted by Crippen LogP contribution is -2.09. The summed E-state index contributed by atoms with van der Waals surface area (Å²) in [6.45, 7) is 0. The van der Waals surface area contributed by atoms with Crippen LogP contribution in [-0.4, -0.2) is 19.2 Å². The molecule has 0 spiro atoms. The van der Waals surface area contributed by atoms with Crippen molar-refractivity contribution < 1.29 is 26.5 Å². The van der Waals surface area contributed by atoms with Crippen LogP contribution in [0.3, 0.4) is 0 Å². The van der Waals surface area contributed by atoms with Crippen LogP contribution in [0.25, 0.3) is 17.0 Å². The number of halogens is 1. The van der Waals surface area contributed by atoms with Gasteiger partial charge in [-0.15, -0.1) is 0 Å². The molecule has 0 radical (unpaired) electrons. The van der Waals surface area contributed by atoms with Crippen molar-refractivity contribution in [3.8, 4) is 11.5 Å². The summed E-state index contributed by atoms with van der Waals surface area (Å²) in [5.41, 5.74) is 2.03. The molecule has 154 valence electrons. The smallest absolute Gasteiger partial charge is 0.339 e. The van der Waals surface area contributed by atoms with E-state index in [1.807, 2.05) is 24.3 Å². The van der Waals surface area contributed by atoms with Gasteiger partial charge in [0.2, 0.25) is 5.78 Å². The van der Waals surface area contributed by atoms with Gasteiger partial charge < -0.3 is 13.9 Å². The van der Waals surface area contributed by atoms with E-state index in [-0.39, 0.29) is 27.9 Å². The number of carbonyl (C=O) groups is 1. The number of ether oxygens (including phenoxy) is 1. The van der Waals surface area contributed by atoms with E-state index in [4.69, 9.17) is 8.92 Å². The lowest BCUT2D eigenvalue weighted by atomic mass is 10.1. The van der Waals surface area contributed by atoms with Crippen LogP contribution in [0.1, 0.15) is 15.9 Å². The predicted octanol–water partition coefficient (Wildman–Crippen LogP) is 4.69. The third-order valence-corrected chi connectivity index (χ3v) is 6.12. The molecular weight excluding hydrogens is 421 g/mol. The third-order valence-electron chi connectivity index (χ3n) is 4.86. The minimum absolute atomic E-state index is 0.0239. The lowest BCUT2D eigenvalue weighted by molar-refractivity contribution is 0.101. The first-order valence-corrected chi connectivity index (χ1v) is 10.7. The maximum absolute atomic E-state index is 13.1. The fraction of sp³-hybridized carbons (Fsp3) is 0.